The Kier molecular flexibility index (Phi) is 5.43. The van der Waals surface area contributed by atoms with Gasteiger partial charge in [0.05, 0.1) is 19.4 Å². The zero-order chi connectivity index (χ0) is 17.6. The lowest BCUT2D eigenvalue weighted by atomic mass is 10.2. The third kappa shape index (κ3) is 4.05. The Balaban J connectivity index is 1.76. The maximum absolute atomic E-state index is 12.8. The summed E-state index contributed by atoms with van der Waals surface area (Å²) >= 11 is 0. The number of hydrogen-bond donors (Lipinski definition) is 1. The van der Waals surface area contributed by atoms with Crippen molar-refractivity contribution >= 4 is 16.8 Å². The van der Waals surface area contributed by atoms with Crippen LogP contribution in [0.4, 0.5) is 0 Å². The Morgan fingerprint density at radius 3 is 2.84 bits per heavy atom. The van der Waals surface area contributed by atoms with Crippen molar-refractivity contribution in [3.8, 4) is 5.75 Å². The molecule has 0 saturated carbocycles. The van der Waals surface area contributed by atoms with Gasteiger partial charge in [0.25, 0.3) is 5.91 Å². The summed E-state index contributed by atoms with van der Waals surface area (Å²) in [7, 11) is 0. The molecule has 132 valence electrons. The summed E-state index contributed by atoms with van der Waals surface area (Å²) in [6.07, 6.45) is 3.76. The van der Waals surface area contributed by atoms with E-state index in [-0.39, 0.29) is 5.91 Å². The highest BCUT2D eigenvalue weighted by Crippen LogP contribution is 2.23. The van der Waals surface area contributed by atoms with E-state index in [9.17, 15) is 4.79 Å². The average Bonchev–Trinajstić information content (AvgIpc) is 3.28. The molecule has 2 aromatic heterocycles. The highest BCUT2D eigenvalue weighted by atomic mass is 16.5. The number of carbonyl (C=O) groups excluding carboxylic acids is 1. The monoisotopic (exact) mass is 340 g/mol. The Morgan fingerprint density at radius 1 is 1.24 bits per heavy atom. The zero-order valence-electron chi connectivity index (χ0n) is 14.7. The Labute approximate surface area is 147 Å². The molecule has 0 aliphatic carbocycles. The number of aromatic nitrogens is 1. The van der Waals surface area contributed by atoms with Crippen molar-refractivity contribution in [1.29, 1.82) is 0 Å². The van der Waals surface area contributed by atoms with Gasteiger partial charge in [0.2, 0.25) is 0 Å². The normalized spacial score (nSPS) is 11.0. The number of benzene rings is 1. The molecule has 2 heterocycles. The van der Waals surface area contributed by atoms with Crippen molar-refractivity contribution < 1.29 is 13.9 Å². The summed E-state index contributed by atoms with van der Waals surface area (Å²) < 4.78 is 11.1. The molecule has 0 atom stereocenters. The lowest BCUT2D eigenvalue weighted by Gasteiger charge is -2.18. The van der Waals surface area contributed by atoms with Gasteiger partial charge in [0, 0.05) is 23.5 Å². The first kappa shape index (κ1) is 17.1. The van der Waals surface area contributed by atoms with E-state index in [1.54, 1.807) is 11.2 Å². The molecule has 25 heavy (non-hydrogen) atoms. The summed E-state index contributed by atoms with van der Waals surface area (Å²) in [4.78, 5) is 17.8. The van der Waals surface area contributed by atoms with E-state index < -0.39 is 0 Å². The molecule has 0 aliphatic heterocycles. The lowest BCUT2D eigenvalue weighted by Crippen LogP contribution is -2.30. The molecular formula is C20H24N2O3. The van der Waals surface area contributed by atoms with Gasteiger partial charge >= 0.3 is 0 Å². The van der Waals surface area contributed by atoms with E-state index in [0.717, 1.165) is 35.3 Å². The predicted octanol–water partition coefficient (Wildman–Crippen LogP) is 4.60. The second-order valence-electron chi connectivity index (χ2n) is 6.03. The third-order valence-corrected chi connectivity index (χ3v) is 4.19. The molecule has 0 radical (unpaired) electrons. The first-order valence-corrected chi connectivity index (χ1v) is 8.78. The number of nitrogens with zero attached hydrogens (tertiary/aromatic N) is 1. The van der Waals surface area contributed by atoms with E-state index in [1.165, 1.54) is 0 Å². The van der Waals surface area contributed by atoms with Gasteiger partial charge in [-0.05, 0) is 43.7 Å². The molecule has 1 N–H and O–H groups in total. The minimum Gasteiger partial charge on any atom is -0.494 e. The number of ether oxygens (including phenoxy) is 1. The van der Waals surface area contributed by atoms with Crippen molar-refractivity contribution in [3.05, 3.63) is 54.1 Å². The average molecular weight is 340 g/mol. The van der Waals surface area contributed by atoms with Gasteiger partial charge in [-0.1, -0.05) is 13.3 Å². The highest BCUT2D eigenvalue weighted by molar-refractivity contribution is 5.98. The van der Waals surface area contributed by atoms with E-state index in [0.29, 0.717) is 25.4 Å². The molecule has 3 aromatic rings. The molecule has 5 nitrogen and oxygen atoms in total. The Morgan fingerprint density at radius 2 is 2.12 bits per heavy atom. The number of nitrogens with one attached hydrogen (secondary N) is 1. The van der Waals surface area contributed by atoms with E-state index >= 15 is 0 Å². The number of H-pyrrole nitrogens is 1. The van der Waals surface area contributed by atoms with Gasteiger partial charge in [0.1, 0.15) is 17.2 Å². The van der Waals surface area contributed by atoms with Gasteiger partial charge in [-0.2, -0.15) is 0 Å². The van der Waals surface area contributed by atoms with Crippen LogP contribution in [0.25, 0.3) is 10.9 Å². The van der Waals surface area contributed by atoms with Gasteiger partial charge in [-0.25, -0.2) is 0 Å². The Hall–Kier alpha value is -2.69. The highest BCUT2D eigenvalue weighted by Gasteiger charge is 2.18. The van der Waals surface area contributed by atoms with Crippen molar-refractivity contribution in [3.63, 3.8) is 0 Å². The van der Waals surface area contributed by atoms with Crippen molar-refractivity contribution in [1.82, 2.24) is 9.88 Å². The quantitative estimate of drug-likeness (QED) is 0.610. The number of rotatable bonds is 8. The molecule has 0 saturated heterocycles. The second-order valence-corrected chi connectivity index (χ2v) is 6.03. The SMILES string of the molecule is CCCCOc1ccc2cc(C(=O)N(CC)Cc3ccco3)[nH]c2c1. The van der Waals surface area contributed by atoms with Crippen LogP contribution in [0.1, 0.15) is 42.9 Å². The second kappa shape index (κ2) is 7.92. The van der Waals surface area contributed by atoms with Crippen LogP contribution in [0.5, 0.6) is 5.75 Å². The fourth-order valence-corrected chi connectivity index (χ4v) is 2.73. The van der Waals surface area contributed by atoms with E-state index in [4.69, 9.17) is 9.15 Å². The van der Waals surface area contributed by atoms with Gasteiger partial charge in [0.15, 0.2) is 0 Å². The number of aromatic amines is 1. The minimum absolute atomic E-state index is 0.0384. The van der Waals surface area contributed by atoms with Crippen LogP contribution < -0.4 is 4.74 Å². The third-order valence-electron chi connectivity index (χ3n) is 4.19. The van der Waals surface area contributed by atoms with Crippen molar-refractivity contribution in [2.75, 3.05) is 13.2 Å². The van der Waals surface area contributed by atoms with Crippen LogP contribution in [0, 0.1) is 0 Å². The summed E-state index contributed by atoms with van der Waals surface area (Å²) in [6, 6.07) is 11.5. The number of carbonyl (C=O) groups is 1. The molecule has 1 aromatic carbocycles. The minimum atomic E-state index is -0.0384. The number of fused-ring (bicyclic) bond motifs is 1. The molecule has 0 unspecified atom stereocenters. The fourth-order valence-electron chi connectivity index (χ4n) is 2.73. The van der Waals surface area contributed by atoms with E-state index in [1.807, 2.05) is 43.3 Å². The van der Waals surface area contributed by atoms with Crippen LogP contribution >= 0.6 is 0 Å². The van der Waals surface area contributed by atoms with Gasteiger partial charge in [-0.3, -0.25) is 4.79 Å². The molecule has 1 amide bonds. The standard InChI is InChI=1S/C20H24N2O3/c1-3-5-10-24-16-9-8-15-12-19(21-18(15)13-16)20(23)22(4-2)14-17-7-6-11-25-17/h6-9,11-13,21H,3-5,10,14H2,1-2H3. The molecule has 0 bridgehead atoms. The zero-order valence-corrected chi connectivity index (χ0v) is 14.7. The first-order valence-electron chi connectivity index (χ1n) is 8.78. The maximum Gasteiger partial charge on any atom is 0.270 e. The lowest BCUT2D eigenvalue weighted by molar-refractivity contribution is 0.0736. The number of amides is 1. The molecule has 0 aliphatic rings. The topological polar surface area (TPSA) is 58.5 Å². The van der Waals surface area contributed by atoms with Gasteiger partial charge in [-0.15, -0.1) is 0 Å². The summed E-state index contributed by atoms with van der Waals surface area (Å²) in [5.41, 5.74) is 1.49. The van der Waals surface area contributed by atoms with Crippen molar-refractivity contribution in [2.45, 2.75) is 33.2 Å². The largest absolute Gasteiger partial charge is 0.494 e. The number of unbranched alkanes of at least 4 members (excludes halogenated alkanes) is 1. The van der Waals surface area contributed by atoms with Crippen molar-refractivity contribution in [2.24, 2.45) is 0 Å². The number of furan rings is 1. The van der Waals surface area contributed by atoms with Gasteiger partial charge < -0.3 is 19.0 Å². The predicted molar refractivity (Wildman–Crippen MR) is 97.8 cm³/mol. The van der Waals surface area contributed by atoms with Crippen LogP contribution in [0.3, 0.4) is 0 Å². The molecule has 5 heteroatoms. The van der Waals surface area contributed by atoms with E-state index in [2.05, 4.69) is 11.9 Å². The molecule has 0 spiro atoms. The molecule has 0 fully saturated rings. The first-order chi connectivity index (χ1) is 12.2. The van der Waals surface area contributed by atoms with Crippen LogP contribution in [0.15, 0.2) is 47.1 Å². The molecular weight excluding hydrogens is 316 g/mol. The van der Waals surface area contributed by atoms with Crippen LogP contribution in [-0.2, 0) is 6.54 Å². The maximum atomic E-state index is 12.8. The summed E-state index contributed by atoms with van der Waals surface area (Å²) in [5.74, 6) is 1.56. The Bertz CT molecular complexity index is 821. The smallest absolute Gasteiger partial charge is 0.270 e. The summed E-state index contributed by atoms with van der Waals surface area (Å²) in [6.45, 7) is 5.88. The fraction of sp³-hybridized carbons (Fsp3) is 0.350. The van der Waals surface area contributed by atoms with Crippen LogP contribution in [-0.4, -0.2) is 28.9 Å². The van der Waals surface area contributed by atoms with Crippen LogP contribution in [0.2, 0.25) is 0 Å². The number of hydrogen-bond acceptors (Lipinski definition) is 3. The summed E-state index contributed by atoms with van der Waals surface area (Å²) in [5, 5.41) is 1.00. The molecule has 3 rings (SSSR count).